The number of nitrogens with zero attached hydrogens (tertiary/aromatic N) is 2. The van der Waals surface area contributed by atoms with Gasteiger partial charge in [0, 0.05) is 31.4 Å². The third-order valence-electron chi connectivity index (χ3n) is 3.96. The van der Waals surface area contributed by atoms with Crippen molar-refractivity contribution in [2.24, 2.45) is 5.92 Å². The second-order valence-electron chi connectivity index (χ2n) is 6.11. The van der Waals surface area contributed by atoms with E-state index in [2.05, 4.69) is 23.7 Å². The number of likely N-dealkylation sites (tertiary alicyclic amines) is 1. The van der Waals surface area contributed by atoms with Gasteiger partial charge in [0.1, 0.15) is 5.82 Å². The van der Waals surface area contributed by atoms with E-state index in [0.29, 0.717) is 11.7 Å². The molecule has 0 atom stereocenters. The van der Waals surface area contributed by atoms with E-state index in [1.807, 2.05) is 13.0 Å². The lowest BCUT2D eigenvalue weighted by molar-refractivity contribution is -0.0280. The first kappa shape index (κ1) is 14.3. The standard InChI is InChI=1S/C15H25N3O/c1-11(2)10-18-8-5-15(19,6-9-18)13-12(3)4-7-17-14(13)16/h4,7,11,19H,5-6,8-10H2,1-3H3,(H2,16,17). The quantitative estimate of drug-likeness (QED) is 0.874. The first-order valence-corrected chi connectivity index (χ1v) is 7.08. The van der Waals surface area contributed by atoms with Crippen LogP contribution >= 0.6 is 0 Å². The summed E-state index contributed by atoms with van der Waals surface area (Å²) in [6.07, 6.45) is 3.17. The summed E-state index contributed by atoms with van der Waals surface area (Å²) < 4.78 is 0. The summed E-state index contributed by atoms with van der Waals surface area (Å²) in [5.41, 5.74) is 7.03. The highest BCUT2D eigenvalue weighted by Crippen LogP contribution is 2.37. The van der Waals surface area contributed by atoms with E-state index in [1.165, 1.54) is 0 Å². The molecule has 1 aromatic heterocycles. The Morgan fingerprint density at radius 1 is 1.42 bits per heavy atom. The highest BCUT2D eigenvalue weighted by molar-refractivity contribution is 5.48. The van der Waals surface area contributed by atoms with Crippen LogP contribution in [0.1, 0.15) is 37.8 Å². The maximum atomic E-state index is 10.9. The van der Waals surface area contributed by atoms with E-state index in [1.54, 1.807) is 6.20 Å². The highest BCUT2D eigenvalue weighted by atomic mass is 16.3. The van der Waals surface area contributed by atoms with Gasteiger partial charge < -0.3 is 15.7 Å². The Labute approximate surface area is 115 Å². The number of nitrogens with two attached hydrogens (primary N) is 1. The summed E-state index contributed by atoms with van der Waals surface area (Å²) in [4.78, 5) is 6.55. The van der Waals surface area contributed by atoms with Crippen LogP contribution in [-0.4, -0.2) is 34.6 Å². The van der Waals surface area contributed by atoms with Gasteiger partial charge in [-0.15, -0.1) is 0 Å². The maximum Gasteiger partial charge on any atom is 0.129 e. The topological polar surface area (TPSA) is 62.4 Å². The molecule has 0 radical (unpaired) electrons. The van der Waals surface area contributed by atoms with Crippen LogP contribution in [0.5, 0.6) is 0 Å². The molecule has 2 heterocycles. The molecule has 1 fully saturated rings. The Hall–Kier alpha value is -1.13. The second kappa shape index (κ2) is 5.47. The molecular weight excluding hydrogens is 238 g/mol. The number of rotatable bonds is 3. The molecular formula is C15H25N3O. The van der Waals surface area contributed by atoms with Crippen molar-refractivity contribution in [3.8, 4) is 0 Å². The number of hydrogen-bond donors (Lipinski definition) is 2. The van der Waals surface area contributed by atoms with Crippen LogP contribution in [0.4, 0.5) is 5.82 Å². The van der Waals surface area contributed by atoms with Crippen LogP contribution in [0, 0.1) is 12.8 Å². The van der Waals surface area contributed by atoms with E-state index in [9.17, 15) is 5.11 Å². The lowest BCUT2D eigenvalue weighted by Crippen LogP contribution is -2.44. The van der Waals surface area contributed by atoms with Gasteiger partial charge >= 0.3 is 0 Å². The zero-order chi connectivity index (χ0) is 14.0. The summed E-state index contributed by atoms with van der Waals surface area (Å²) in [5, 5.41) is 10.9. The number of piperidine rings is 1. The largest absolute Gasteiger partial charge is 0.385 e. The molecule has 1 aliphatic heterocycles. The highest BCUT2D eigenvalue weighted by Gasteiger charge is 2.36. The minimum Gasteiger partial charge on any atom is -0.385 e. The van der Waals surface area contributed by atoms with Crippen LogP contribution in [-0.2, 0) is 5.60 Å². The van der Waals surface area contributed by atoms with Gasteiger partial charge in [-0.2, -0.15) is 0 Å². The van der Waals surface area contributed by atoms with Gasteiger partial charge in [0.25, 0.3) is 0 Å². The molecule has 0 aromatic carbocycles. The van der Waals surface area contributed by atoms with E-state index in [-0.39, 0.29) is 0 Å². The average molecular weight is 263 g/mol. The molecule has 0 unspecified atom stereocenters. The zero-order valence-corrected chi connectivity index (χ0v) is 12.2. The van der Waals surface area contributed by atoms with Crippen molar-refractivity contribution in [2.75, 3.05) is 25.4 Å². The van der Waals surface area contributed by atoms with E-state index < -0.39 is 5.60 Å². The molecule has 1 aliphatic rings. The summed E-state index contributed by atoms with van der Waals surface area (Å²) in [7, 11) is 0. The van der Waals surface area contributed by atoms with Gasteiger partial charge in [0.2, 0.25) is 0 Å². The fraction of sp³-hybridized carbons (Fsp3) is 0.667. The van der Waals surface area contributed by atoms with Gasteiger partial charge in [0.05, 0.1) is 5.60 Å². The molecule has 0 amide bonds. The summed E-state index contributed by atoms with van der Waals surface area (Å²) >= 11 is 0. The number of hydrogen-bond acceptors (Lipinski definition) is 4. The Morgan fingerprint density at radius 2 is 2.05 bits per heavy atom. The minimum atomic E-state index is -0.810. The van der Waals surface area contributed by atoms with E-state index in [0.717, 1.165) is 43.6 Å². The summed E-state index contributed by atoms with van der Waals surface area (Å²) in [6, 6.07) is 1.92. The van der Waals surface area contributed by atoms with Crippen LogP contribution in [0.2, 0.25) is 0 Å². The lowest BCUT2D eigenvalue weighted by atomic mass is 9.82. The first-order valence-electron chi connectivity index (χ1n) is 7.08. The molecule has 0 bridgehead atoms. The van der Waals surface area contributed by atoms with Crippen molar-refractivity contribution in [3.63, 3.8) is 0 Å². The van der Waals surface area contributed by atoms with Crippen LogP contribution in [0.15, 0.2) is 12.3 Å². The molecule has 0 aliphatic carbocycles. The van der Waals surface area contributed by atoms with Crippen molar-refractivity contribution in [1.29, 1.82) is 0 Å². The van der Waals surface area contributed by atoms with Crippen LogP contribution < -0.4 is 5.73 Å². The molecule has 4 nitrogen and oxygen atoms in total. The predicted octanol–water partition coefficient (Wildman–Crippen LogP) is 1.91. The lowest BCUT2D eigenvalue weighted by Gasteiger charge is -2.40. The third kappa shape index (κ3) is 3.07. The van der Waals surface area contributed by atoms with E-state index in [4.69, 9.17) is 5.73 Å². The first-order chi connectivity index (χ1) is 8.92. The normalized spacial score (nSPS) is 19.8. The maximum absolute atomic E-state index is 10.9. The number of pyridine rings is 1. The second-order valence-corrected chi connectivity index (χ2v) is 6.11. The molecule has 1 saturated heterocycles. The van der Waals surface area contributed by atoms with E-state index >= 15 is 0 Å². The SMILES string of the molecule is Cc1ccnc(N)c1C1(O)CCN(CC(C)C)CC1. The number of nitrogen functional groups attached to an aromatic ring is 1. The number of aliphatic hydroxyl groups is 1. The van der Waals surface area contributed by atoms with Crippen LogP contribution in [0.3, 0.4) is 0 Å². The molecule has 1 aromatic rings. The van der Waals surface area contributed by atoms with Crippen molar-refractivity contribution < 1.29 is 5.11 Å². The summed E-state index contributed by atoms with van der Waals surface area (Å²) in [5.74, 6) is 1.14. The van der Waals surface area contributed by atoms with Crippen molar-refractivity contribution >= 4 is 5.82 Å². The number of anilines is 1. The number of aromatic nitrogens is 1. The number of aryl methyl sites for hydroxylation is 1. The van der Waals surface area contributed by atoms with Crippen molar-refractivity contribution in [1.82, 2.24) is 9.88 Å². The average Bonchev–Trinajstić information content (AvgIpc) is 2.31. The Balaban J connectivity index is 2.14. The third-order valence-corrected chi connectivity index (χ3v) is 3.96. The Bertz CT molecular complexity index is 417. The fourth-order valence-corrected chi connectivity index (χ4v) is 3.06. The fourth-order valence-electron chi connectivity index (χ4n) is 3.06. The molecule has 106 valence electrons. The minimum absolute atomic E-state index is 0.472. The van der Waals surface area contributed by atoms with Crippen molar-refractivity contribution in [2.45, 2.75) is 39.2 Å². The predicted molar refractivity (Wildman–Crippen MR) is 77.8 cm³/mol. The van der Waals surface area contributed by atoms with Crippen LogP contribution in [0.25, 0.3) is 0 Å². The molecule has 4 heteroatoms. The smallest absolute Gasteiger partial charge is 0.129 e. The Kier molecular flexibility index (Phi) is 4.11. The summed E-state index contributed by atoms with van der Waals surface area (Å²) in [6.45, 7) is 9.38. The monoisotopic (exact) mass is 263 g/mol. The Morgan fingerprint density at radius 3 is 2.58 bits per heavy atom. The van der Waals surface area contributed by atoms with Gasteiger partial charge in [-0.3, -0.25) is 0 Å². The van der Waals surface area contributed by atoms with Gasteiger partial charge in [-0.1, -0.05) is 13.8 Å². The van der Waals surface area contributed by atoms with Gasteiger partial charge in [0.15, 0.2) is 0 Å². The molecule has 0 spiro atoms. The molecule has 3 N–H and O–H groups in total. The van der Waals surface area contributed by atoms with Gasteiger partial charge in [-0.25, -0.2) is 4.98 Å². The van der Waals surface area contributed by atoms with Crippen molar-refractivity contribution in [3.05, 3.63) is 23.4 Å². The molecule has 19 heavy (non-hydrogen) atoms. The van der Waals surface area contributed by atoms with Gasteiger partial charge in [-0.05, 0) is 37.3 Å². The molecule has 0 saturated carbocycles. The molecule has 2 rings (SSSR count). The zero-order valence-electron chi connectivity index (χ0n) is 12.2.